The molecule has 0 aromatic carbocycles. The van der Waals surface area contributed by atoms with E-state index in [2.05, 4.69) is 19.6 Å². The van der Waals surface area contributed by atoms with Crippen molar-refractivity contribution >= 4 is 0 Å². The summed E-state index contributed by atoms with van der Waals surface area (Å²) in [4.78, 5) is 18.0. The molecule has 8 heavy (non-hydrogen) atoms. The summed E-state index contributed by atoms with van der Waals surface area (Å²) in [7, 11) is 0. The van der Waals surface area contributed by atoms with Crippen LogP contribution in [-0.4, -0.2) is 20.0 Å². The molecule has 1 aliphatic heterocycles. The van der Waals surface area contributed by atoms with Crippen LogP contribution in [-0.2, 0) is 19.6 Å². The van der Waals surface area contributed by atoms with Gasteiger partial charge in [0, 0.05) is 6.42 Å². The average molecular weight is 120 g/mol. The van der Waals surface area contributed by atoms with Crippen LogP contribution in [0.4, 0.5) is 0 Å². The van der Waals surface area contributed by atoms with Crippen molar-refractivity contribution in [3.8, 4) is 0 Å². The van der Waals surface area contributed by atoms with Crippen molar-refractivity contribution in [2.24, 2.45) is 0 Å². The predicted molar refractivity (Wildman–Crippen MR) is 23.6 cm³/mol. The molecule has 0 aromatic heterocycles. The monoisotopic (exact) mass is 120 g/mol. The second-order valence-corrected chi connectivity index (χ2v) is 1.35. The maximum absolute atomic E-state index is 4.57. The molecular formula is C4H8O4. The minimum atomic E-state index is 0.0556. The SMILES string of the molecule is C1COOCOOC1. The van der Waals surface area contributed by atoms with Gasteiger partial charge >= 0.3 is 0 Å². The van der Waals surface area contributed by atoms with Crippen LogP contribution in [0.15, 0.2) is 0 Å². The molecule has 0 unspecified atom stereocenters. The highest BCUT2D eigenvalue weighted by Crippen LogP contribution is 1.92. The van der Waals surface area contributed by atoms with Crippen molar-refractivity contribution in [2.75, 3.05) is 20.0 Å². The van der Waals surface area contributed by atoms with Gasteiger partial charge in [0.1, 0.15) is 0 Å². The van der Waals surface area contributed by atoms with Crippen LogP contribution in [0.5, 0.6) is 0 Å². The quantitative estimate of drug-likeness (QED) is 0.429. The second-order valence-electron chi connectivity index (χ2n) is 1.35. The van der Waals surface area contributed by atoms with Gasteiger partial charge in [-0.1, -0.05) is 0 Å². The summed E-state index contributed by atoms with van der Waals surface area (Å²) < 4.78 is 0. The van der Waals surface area contributed by atoms with Crippen molar-refractivity contribution in [1.29, 1.82) is 0 Å². The first-order valence-corrected chi connectivity index (χ1v) is 2.49. The predicted octanol–water partition coefficient (Wildman–Crippen LogP) is 0.244. The lowest BCUT2D eigenvalue weighted by Crippen LogP contribution is -2.10. The Morgan fingerprint density at radius 1 is 0.750 bits per heavy atom. The summed E-state index contributed by atoms with van der Waals surface area (Å²) in [6.07, 6.45) is 0.806. The maximum atomic E-state index is 4.57. The van der Waals surface area contributed by atoms with Crippen molar-refractivity contribution in [2.45, 2.75) is 6.42 Å². The van der Waals surface area contributed by atoms with Crippen LogP contribution in [0.2, 0.25) is 0 Å². The van der Waals surface area contributed by atoms with E-state index in [-0.39, 0.29) is 6.79 Å². The van der Waals surface area contributed by atoms with Crippen molar-refractivity contribution in [1.82, 2.24) is 0 Å². The van der Waals surface area contributed by atoms with Gasteiger partial charge in [-0.15, -0.1) is 0 Å². The Morgan fingerprint density at radius 2 is 1.38 bits per heavy atom. The molecule has 1 heterocycles. The Morgan fingerprint density at radius 3 is 2.00 bits per heavy atom. The molecule has 1 saturated heterocycles. The fraction of sp³-hybridized carbons (Fsp3) is 1.00. The van der Waals surface area contributed by atoms with E-state index in [0.717, 1.165) is 6.42 Å². The molecule has 1 fully saturated rings. The topological polar surface area (TPSA) is 36.9 Å². The molecule has 0 spiro atoms. The Kier molecular flexibility index (Phi) is 2.83. The number of rotatable bonds is 0. The average Bonchev–Trinajstić information content (AvgIpc) is 1.62. The van der Waals surface area contributed by atoms with Crippen LogP contribution < -0.4 is 0 Å². The Balaban J connectivity index is 2.00. The summed E-state index contributed by atoms with van der Waals surface area (Å²) in [6, 6.07) is 0. The minimum Gasteiger partial charge on any atom is -0.234 e. The highest BCUT2D eigenvalue weighted by atomic mass is 17.3. The molecule has 0 aromatic rings. The van der Waals surface area contributed by atoms with E-state index in [0.29, 0.717) is 13.2 Å². The van der Waals surface area contributed by atoms with E-state index in [1.165, 1.54) is 0 Å². The smallest absolute Gasteiger partial charge is 0.214 e. The molecule has 1 aliphatic rings. The molecule has 0 radical (unpaired) electrons. The largest absolute Gasteiger partial charge is 0.234 e. The standard InChI is InChI=1S/C4H8O4/c1-2-5-7-4-8-6-3-1/h1-4H2. The van der Waals surface area contributed by atoms with Gasteiger partial charge in [0.2, 0.25) is 6.79 Å². The third kappa shape index (κ3) is 2.23. The minimum absolute atomic E-state index is 0.0556. The van der Waals surface area contributed by atoms with E-state index in [4.69, 9.17) is 0 Å². The molecule has 48 valence electrons. The molecule has 0 amide bonds. The van der Waals surface area contributed by atoms with Gasteiger partial charge in [-0.25, -0.2) is 19.6 Å². The van der Waals surface area contributed by atoms with Crippen LogP contribution >= 0.6 is 0 Å². The molecule has 0 aliphatic carbocycles. The number of hydrogen-bond acceptors (Lipinski definition) is 4. The van der Waals surface area contributed by atoms with Gasteiger partial charge in [0.25, 0.3) is 0 Å². The summed E-state index contributed by atoms with van der Waals surface area (Å²) in [5.41, 5.74) is 0. The van der Waals surface area contributed by atoms with Gasteiger partial charge < -0.3 is 0 Å². The van der Waals surface area contributed by atoms with Gasteiger partial charge in [-0.05, 0) is 0 Å². The third-order valence-electron chi connectivity index (χ3n) is 0.718. The summed E-state index contributed by atoms with van der Waals surface area (Å²) in [5.74, 6) is 0. The Labute approximate surface area is 47.1 Å². The van der Waals surface area contributed by atoms with E-state index < -0.39 is 0 Å². The van der Waals surface area contributed by atoms with Gasteiger partial charge in [-0.2, -0.15) is 0 Å². The zero-order valence-corrected chi connectivity index (χ0v) is 4.46. The molecule has 0 atom stereocenters. The summed E-state index contributed by atoms with van der Waals surface area (Å²) in [6.45, 7) is 1.20. The first-order valence-electron chi connectivity index (χ1n) is 2.49. The molecule has 0 N–H and O–H groups in total. The van der Waals surface area contributed by atoms with Gasteiger partial charge in [0.15, 0.2) is 0 Å². The molecule has 4 nitrogen and oxygen atoms in total. The first kappa shape index (κ1) is 5.97. The maximum Gasteiger partial charge on any atom is 0.214 e. The van der Waals surface area contributed by atoms with E-state index in [1.807, 2.05) is 0 Å². The van der Waals surface area contributed by atoms with Crippen molar-refractivity contribution in [3.05, 3.63) is 0 Å². The first-order chi connectivity index (χ1) is 4.00. The van der Waals surface area contributed by atoms with Crippen LogP contribution in [0.3, 0.4) is 0 Å². The zero-order valence-electron chi connectivity index (χ0n) is 4.46. The lowest BCUT2D eigenvalue weighted by atomic mass is 10.5. The Bertz CT molecular complexity index is 32.0. The summed E-state index contributed by atoms with van der Waals surface area (Å²) in [5, 5.41) is 0. The van der Waals surface area contributed by atoms with E-state index in [1.54, 1.807) is 0 Å². The second kappa shape index (κ2) is 3.80. The van der Waals surface area contributed by atoms with Crippen LogP contribution in [0.25, 0.3) is 0 Å². The highest BCUT2D eigenvalue weighted by molar-refractivity contribution is 4.27. The number of hydrogen-bond donors (Lipinski definition) is 0. The normalized spacial score (nSPS) is 24.0. The van der Waals surface area contributed by atoms with E-state index in [9.17, 15) is 0 Å². The van der Waals surface area contributed by atoms with Crippen LogP contribution in [0.1, 0.15) is 6.42 Å². The van der Waals surface area contributed by atoms with Gasteiger partial charge in [-0.3, -0.25) is 0 Å². The molecule has 1 rings (SSSR count). The van der Waals surface area contributed by atoms with Crippen molar-refractivity contribution < 1.29 is 19.6 Å². The molecule has 0 bridgehead atoms. The molecule has 4 heteroatoms. The van der Waals surface area contributed by atoms with Crippen molar-refractivity contribution in [3.63, 3.8) is 0 Å². The van der Waals surface area contributed by atoms with Gasteiger partial charge in [0.05, 0.1) is 13.2 Å². The lowest BCUT2D eigenvalue weighted by Gasteiger charge is -2.07. The molecule has 0 saturated carbocycles. The van der Waals surface area contributed by atoms with Crippen LogP contribution in [0, 0.1) is 0 Å². The molecular weight excluding hydrogens is 112 g/mol. The highest BCUT2D eigenvalue weighted by Gasteiger charge is 1.96. The fourth-order valence-corrected chi connectivity index (χ4v) is 0.382. The fourth-order valence-electron chi connectivity index (χ4n) is 0.382. The zero-order chi connectivity index (χ0) is 5.66. The third-order valence-corrected chi connectivity index (χ3v) is 0.718. The lowest BCUT2D eigenvalue weighted by molar-refractivity contribution is -0.434. The van der Waals surface area contributed by atoms with E-state index >= 15 is 0 Å². The Hall–Kier alpha value is -0.160. The summed E-state index contributed by atoms with van der Waals surface area (Å²) >= 11 is 0.